The minimum absolute atomic E-state index is 0.0441. The van der Waals surface area contributed by atoms with Gasteiger partial charge in [0.15, 0.2) is 0 Å². The molecule has 0 bridgehead atoms. The highest BCUT2D eigenvalue weighted by molar-refractivity contribution is 8.00. The molecule has 0 amide bonds. The van der Waals surface area contributed by atoms with Gasteiger partial charge in [-0.1, -0.05) is 11.6 Å². The van der Waals surface area contributed by atoms with Crippen molar-refractivity contribution in [2.24, 2.45) is 0 Å². The van der Waals surface area contributed by atoms with E-state index in [9.17, 15) is 22.8 Å². The van der Waals surface area contributed by atoms with Gasteiger partial charge in [0.2, 0.25) is 5.95 Å². The van der Waals surface area contributed by atoms with Gasteiger partial charge in [0.1, 0.15) is 0 Å². The number of carboxylic acid groups (broad SMARTS) is 1. The van der Waals surface area contributed by atoms with Gasteiger partial charge in [-0.15, -0.1) is 0 Å². The fourth-order valence-electron chi connectivity index (χ4n) is 1.99. The van der Waals surface area contributed by atoms with Gasteiger partial charge in [0, 0.05) is 11.1 Å². The van der Waals surface area contributed by atoms with Gasteiger partial charge in [0.05, 0.1) is 27.7 Å². The summed E-state index contributed by atoms with van der Waals surface area (Å²) in [6.07, 6.45) is 2.19. The molecule has 0 aliphatic carbocycles. The highest BCUT2D eigenvalue weighted by Crippen LogP contribution is 2.41. The maximum absolute atomic E-state index is 12.5. The molecule has 0 aliphatic heterocycles. The molecular formula is C13H6ClF3N4O3S. The molecule has 0 saturated carbocycles. The van der Waals surface area contributed by atoms with Crippen molar-refractivity contribution in [3.8, 4) is 5.95 Å². The number of carboxylic acids is 1. The summed E-state index contributed by atoms with van der Waals surface area (Å²) in [6.45, 7) is 0. The Balaban J connectivity index is 2.12. The molecule has 0 aliphatic rings. The highest BCUT2D eigenvalue weighted by Gasteiger charge is 2.30. The van der Waals surface area contributed by atoms with Crippen LogP contribution in [-0.2, 0) is 0 Å². The predicted octanol–water partition coefficient (Wildman–Crippen LogP) is 3.07. The van der Waals surface area contributed by atoms with Crippen molar-refractivity contribution < 1.29 is 23.1 Å². The first-order valence-electron chi connectivity index (χ1n) is 6.42. The number of nitrogens with zero attached hydrogens (tertiary/aromatic N) is 3. The van der Waals surface area contributed by atoms with Crippen molar-refractivity contribution >= 4 is 40.2 Å². The number of hydrogen-bond acceptors (Lipinski definition) is 5. The average molecular weight is 391 g/mol. The number of alkyl halides is 3. The first-order valence-corrected chi connectivity index (χ1v) is 7.61. The van der Waals surface area contributed by atoms with Crippen molar-refractivity contribution in [1.29, 1.82) is 0 Å². The van der Waals surface area contributed by atoms with Gasteiger partial charge in [-0.25, -0.2) is 14.5 Å². The largest absolute Gasteiger partial charge is 0.478 e. The minimum Gasteiger partial charge on any atom is -0.478 e. The Labute approximate surface area is 145 Å². The molecule has 0 radical (unpaired) electrons. The first-order chi connectivity index (χ1) is 11.6. The van der Waals surface area contributed by atoms with Crippen molar-refractivity contribution in [3.05, 3.63) is 45.5 Å². The molecule has 2 heterocycles. The predicted molar refractivity (Wildman–Crippen MR) is 83.4 cm³/mol. The van der Waals surface area contributed by atoms with Crippen LogP contribution in [0.25, 0.3) is 16.9 Å². The fraction of sp³-hybridized carbons (Fsp3) is 0.0769. The van der Waals surface area contributed by atoms with Crippen molar-refractivity contribution in [2.45, 2.75) is 10.4 Å². The average Bonchev–Trinajstić information content (AvgIpc) is 2.97. The van der Waals surface area contributed by atoms with Crippen LogP contribution in [0.4, 0.5) is 13.2 Å². The van der Waals surface area contributed by atoms with Crippen LogP contribution in [0.1, 0.15) is 10.4 Å². The molecule has 2 N–H and O–H groups in total. The van der Waals surface area contributed by atoms with Gasteiger partial charge in [-0.2, -0.15) is 18.3 Å². The topological polar surface area (TPSA) is 101 Å². The highest BCUT2D eigenvalue weighted by atomic mass is 35.5. The van der Waals surface area contributed by atoms with E-state index in [1.807, 2.05) is 0 Å². The molecule has 0 spiro atoms. The number of aromatic nitrogens is 4. The lowest BCUT2D eigenvalue weighted by Crippen LogP contribution is -2.14. The number of aromatic amines is 1. The van der Waals surface area contributed by atoms with E-state index in [4.69, 9.17) is 16.7 Å². The maximum Gasteiger partial charge on any atom is 0.446 e. The van der Waals surface area contributed by atoms with E-state index in [1.54, 1.807) is 0 Å². The summed E-state index contributed by atoms with van der Waals surface area (Å²) >= 11 is 5.40. The van der Waals surface area contributed by atoms with Crippen LogP contribution in [0.15, 0.2) is 34.2 Å². The van der Waals surface area contributed by atoms with Crippen LogP contribution in [0.2, 0.25) is 5.02 Å². The third-order valence-electron chi connectivity index (χ3n) is 3.02. The lowest BCUT2D eigenvalue weighted by atomic mass is 10.2. The Bertz CT molecular complexity index is 1050. The third-order valence-corrected chi connectivity index (χ3v) is 4.23. The lowest BCUT2D eigenvalue weighted by Gasteiger charge is -2.09. The Morgan fingerprint density at radius 2 is 2.08 bits per heavy atom. The second-order valence-electron chi connectivity index (χ2n) is 4.72. The summed E-state index contributed by atoms with van der Waals surface area (Å²) in [6, 6.07) is 2.13. The fourth-order valence-corrected chi connectivity index (χ4v) is 2.84. The maximum atomic E-state index is 12.5. The number of nitrogens with one attached hydrogen (secondary N) is 1. The summed E-state index contributed by atoms with van der Waals surface area (Å²) < 4.78 is 38.6. The Hall–Kier alpha value is -2.53. The molecule has 7 nitrogen and oxygen atoms in total. The molecule has 12 heteroatoms. The molecule has 25 heavy (non-hydrogen) atoms. The normalized spacial score (nSPS) is 11.8. The summed E-state index contributed by atoms with van der Waals surface area (Å²) in [7, 11) is 0. The zero-order valence-corrected chi connectivity index (χ0v) is 13.4. The molecule has 2 aromatic heterocycles. The summed E-state index contributed by atoms with van der Waals surface area (Å²) in [5.41, 5.74) is -5.35. The number of aromatic carboxylic acids is 1. The van der Waals surface area contributed by atoms with Crippen molar-refractivity contribution in [3.63, 3.8) is 0 Å². The van der Waals surface area contributed by atoms with E-state index in [2.05, 4.69) is 15.1 Å². The van der Waals surface area contributed by atoms with Crippen LogP contribution in [0.3, 0.4) is 0 Å². The summed E-state index contributed by atoms with van der Waals surface area (Å²) in [5, 5.41) is 12.3. The van der Waals surface area contributed by atoms with Gasteiger partial charge in [-0.3, -0.25) is 9.78 Å². The van der Waals surface area contributed by atoms with E-state index < -0.39 is 28.8 Å². The number of hydrogen-bond donors (Lipinski definition) is 2. The minimum atomic E-state index is -4.56. The molecule has 3 rings (SSSR count). The molecule has 0 saturated heterocycles. The number of rotatable bonds is 3. The Kier molecular flexibility index (Phi) is 4.21. The van der Waals surface area contributed by atoms with Gasteiger partial charge < -0.3 is 5.11 Å². The second kappa shape index (κ2) is 6.08. The third kappa shape index (κ3) is 3.61. The smallest absolute Gasteiger partial charge is 0.446 e. The van der Waals surface area contributed by atoms with E-state index in [1.165, 1.54) is 0 Å². The van der Waals surface area contributed by atoms with Crippen molar-refractivity contribution in [2.75, 3.05) is 0 Å². The van der Waals surface area contributed by atoms with Crippen LogP contribution in [0, 0.1) is 0 Å². The Morgan fingerprint density at radius 1 is 1.36 bits per heavy atom. The number of thioether (sulfide) groups is 1. The summed E-state index contributed by atoms with van der Waals surface area (Å²) in [4.78, 5) is 29.1. The molecule has 0 atom stereocenters. The standard InChI is InChI=1S/C13H6ClF3N4O3S/c14-7-2-8-6(1-9(7)25-13(15,16)17)10(22)20-12(19-8)21-4-5(3-18-21)11(23)24/h1-4H,(H,23,24)(H,19,20,22). The van der Waals surface area contributed by atoms with E-state index in [0.717, 1.165) is 29.2 Å². The number of benzene rings is 1. The Morgan fingerprint density at radius 3 is 2.68 bits per heavy atom. The molecular weight excluding hydrogens is 385 g/mol. The van der Waals surface area contributed by atoms with Gasteiger partial charge in [0.25, 0.3) is 5.56 Å². The van der Waals surface area contributed by atoms with E-state index >= 15 is 0 Å². The monoisotopic (exact) mass is 390 g/mol. The quantitative estimate of drug-likeness (QED) is 0.666. The van der Waals surface area contributed by atoms with Crippen LogP contribution in [-0.4, -0.2) is 36.3 Å². The lowest BCUT2D eigenvalue weighted by molar-refractivity contribution is -0.0328. The number of fused-ring (bicyclic) bond motifs is 1. The molecule has 3 aromatic rings. The van der Waals surface area contributed by atoms with Gasteiger partial charge >= 0.3 is 11.5 Å². The number of carbonyl (C=O) groups is 1. The molecule has 0 unspecified atom stereocenters. The first kappa shape index (κ1) is 17.3. The van der Waals surface area contributed by atoms with E-state index in [-0.39, 0.29) is 32.3 Å². The van der Waals surface area contributed by atoms with Crippen molar-refractivity contribution in [1.82, 2.24) is 19.7 Å². The van der Waals surface area contributed by atoms with Gasteiger partial charge in [-0.05, 0) is 23.9 Å². The van der Waals surface area contributed by atoms with Crippen LogP contribution < -0.4 is 5.56 Å². The molecule has 130 valence electrons. The SMILES string of the molecule is O=C(O)c1cnn(-c2nc3cc(Cl)c(SC(F)(F)F)cc3c(=O)[nH]2)c1. The second-order valence-corrected chi connectivity index (χ2v) is 6.23. The zero-order valence-electron chi connectivity index (χ0n) is 11.8. The number of halogens is 4. The van der Waals surface area contributed by atoms with E-state index in [0.29, 0.717) is 0 Å². The van der Waals surface area contributed by atoms with Crippen LogP contribution >= 0.6 is 23.4 Å². The summed E-state index contributed by atoms with van der Waals surface area (Å²) in [5.74, 6) is -1.32. The van der Waals surface area contributed by atoms with Crippen LogP contribution in [0.5, 0.6) is 0 Å². The molecule has 1 aromatic carbocycles. The number of H-pyrrole nitrogens is 1. The zero-order chi connectivity index (χ0) is 18.4. The molecule has 0 fully saturated rings.